The summed E-state index contributed by atoms with van der Waals surface area (Å²) in [6.07, 6.45) is -8.52. The van der Waals surface area contributed by atoms with E-state index in [1.807, 2.05) is 0 Å². The molecule has 1 aromatic rings. The van der Waals surface area contributed by atoms with Crippen LogP contribution in [-0.4, -0.2) is 18.0 Å². The van der Waals surface area contributed by atoms with Crippen LogP contribution in [0.4, 0.5) is 39.5 Å². The molecule has 0 aromatic heterocycles. The summed E-state index contributed by atoms with van der Waals surface area (Å²) in [5.74, 6) is -20.2. The number of benzene rings is 1. The van der Waals surface area contributed by atoms with Gasteiger partial charge < -0.3 is 0 Å². The minimum atomic E-state index is -6.96. The van der Waals surface area contributed by atoms with Crippen molar-refractivity contribution in [3.63, 3.8) is 0 Å². The van der Waals surface area contributed by atoms with Gasteiger partial charge in [0.1, 0.15) is 6.10 Å². The minimum absolute atomic E-state index is 0.220. The predicted molar refractivity (Wildman–Crippen MR) is 64.6 cm³/mol. The number of hydrogen-bond donors (Lipinski definition) is 0. The highest BCUT2D eigenvalue weighted by molar-refractivity contribution is 5.31. The maximum atomic E-state index is 13.8. The Morgan fingerprint density at radius 1 is 0.833 bits per heavy atom. The molecule has 0 spiro atoms. The Kier molecular flexibility index (Phi) is 5.25. The summed E-state index contributed by atoms with van der Waals surface area (Å²) in [6.45, 7) is 2.80. The van der Waals surface area contributed by atoms with Crippen molar-refractivity contribution in [2.24, 2.45) is 5.92 Å². The van der Waals surface area contributed by atoms with Gasteiger partial charge >= 0.3 is 23.9 Å². The van der Waals surface area contributed by atoms with Gasteiger partial charge in [-0.2, -0.15) is 39.5 Å². The third-order valence-corrected chi connectivity index (χ3v) is 3.33. The molecule has 0 saturated heterocycles. The molecule has 1 radical (unpaired) electrons. The molecule has 0 aliphatic carbocycles. The molecule has 0 fully saturated rings. The van der Waals surface area contributed by atoms with E-state index in [9.17, 15) is 44.6 Å². The van der Waals surface area contributed by atoms with Gasteiger partial charge in [-0.25, -0.2) is 5.11 Å². The average molecular weight is 367 g/mol. The molecular weight excluding hydrogens is 355 g/mol. The van der Waals surface area contributed by atoms with E-state index in [1.54, 1.807) is 0 Å². The van der Waals surface area contributed by atoms with E-state index in [1.165, 1.54) is 13.8 Å². The smallest absolute Gasteiger partial charge is 0.228 e. The van der Waals surface area contributed by atoms with Crippen LogP contribution in [0.5, 0.6) is 0 Å². The topological polar surface area (TPSA) is 19.9 Å². The largest absolute Gasteiger partial charge is 0.460 e. The van der Waals surface area contributed by atoms with Gasteiger partial charge in [-0.1, -0.05) is 32.0 Å². The lowest BCUT2D eigenvalue weighted by molar-refractivity contribution is -0.399. The number of alkyl halides is 9. The first-order valence-electron chi connectivity index (χ1n) is 6.53. The van der Waals surface area contributed by atoms with Crippen molar-refractivity contribution in [2.75, 3.05) is 0 Å². The van der Waals surface area contributed by atoms with Gasteiger partial charge in [0, 0.05) is 5.56 Å². The van der Waals surface area contributed by atoms with Crippen molar-refractivity contribution < 1.29 is 44.6 Å². The second kappa shape index (κ2) is 6.12. The number of rotatable bonds is 5. The number of hydrogen-bond acceptors (Lipinski definition) is 0. The lowest BCUT2D eigenvalue weighted by Crippen LogP contribution is -2.59. The van der Waals surface area contributed by atoms with Crippen molar-refractivity contribution in [3.8, 4) is 0 Å². The quantitative estimate of drug-likeness (QED) is 0.592. The van der Waals surface area contributed by atoms with Crippen LogP contribution in [0.15, 0.2) is 24.3 Å². The molecule has 0 N–H and O–H groups in total. The maximum Gasteiger partial charge on any atom is 0.460 e. The summed E-state index contributed by atoms with van der Waals surface area (Å²) in [5, 5.41) is 11.8. The van der Waals surface area contributed by atoms with E-state index in [4.69, 9.17) is 0 Å². The van der Waals surface area contributed by atoms with E-state index >= 15 is 0 Å². The van der Waals surface area contributed by atoms with Gasteiger partial charge in [0.15, 0.2) is 0 Å². The van der Waals surface area contributed by atoms with Crippen LogP contribution in [0.1, 0.15) is 31.1 Å². The summed E-state index contributed by atoms with van der Waals surface area (Å²) >= 11 is 0. The van der Waals surface area contributed by atoms with Gasteiger partial charge in [-0.05, 0) is 17.5 Å². The van der Waals surface area contributed by atoms with Crippen molar-refractivity contribution in [1.29, 1.82) is 0 Å². The Bertz CT molecular complexity index is 578. The molecule has 0 saturated carbocycles. The Labute approximate surface area is 131 Å². The van der Waals surface area contributed by atoms with Crippen molar-refractivity contribution >= 4 is 0 Å². The van der Waals surface area contributed by atoms with Crippen molar-refractivity contribution in [2.45, 2.75) is 43.9 Å². The van der Waals surface area contributed by atoms with Crippen LogP contribution in [0, 0.1) is 5.92 Å². The molecule has 0 aliphatic heterocycles. The molecule has 1 atom stereocenters. The van der Waals surface area contributed by atoms with Gasteiger partial charge in [0.25, 0.3) is 0 Å². The molecule has 1 rings (SSSR count). The van der Waals surface area contributed by atoms with E-state index < -0.39 is 47.1 Å². The van der Waals surface area contributed by atoms with Gasteiger partial charge in [0.05, 0.1) is 0 Å². The summed E-state index contributed by atoms with van der Waals surface area (Å²) in [4.78, 5) is 0. The number of halogens is 9. The van der Waals surface area contributed by atoms with Crippen LogP contribution < -0.4 is 0 Å². The molecule has 24 heavy (non-hydrogen) atoms. The van der Waals surface area contributed by atoms with Gasteiger partial charge in [-0.3, -0.25) is 0 Å². The standard InChI is InChI=1S/C14H12F9O/c1-7(2)10(24)8-4-3-5-9(6-8)11(15,16)12(17,18)13(19,20)14(21,22)23/h3-7,10H,1-2H3. The fourth-order valence-electron chi connectivity index (χ4n) is 1.85. The summed E-state index contributed by atoms with van der Waals surface area (Å²) in [5.41, 5.74) is -2.22. The SMILES string of the molecule is CC(C)C([O])c1cccc(C(F)(F)C(F)(F)C(F)(F)C(F)(F)F)c1. The molecule has 1 aromatic carbocycles. The first-order chi connectivity index (χ1) is 10.6. The monoisotopic (exact) mass is 367 g/mol. The molecule has 1 nitrogen and oxygen atoms in total. The lowest BCUT2D eigenvalue weighted by Gasteiger charge is -2.34. The Morgan fingerprint density at radius 3 is 1.75 bits per heavy atom. The van der Waals surface area contributed by atoms with Crippen LogP contribution in [0.25, 0.3) is 0 Å². The predicted octanol–water partition coefficient (Wildman–Crippen LogP) is 5.74. The summed E-state index contributed by atoms with van der Waals surface area (Å²) in [7, 11) is 0. The molecule has 137 valence electrons. The molecule has 1 unspecified atom stereocenters. The van der Waals surface area contributed by atoms with Crippen LogP contribution in [0.3, 0.4) is 0 Å². The zero-order valence-electron chi connectivity index (χ0n) is 12.3. The Hall–Kier alpha value is -1.45. The fraction of sp³-hybridized carbons (Fsp3) is 0.571. The minimum Gasteiger partial charge on any atom is -0.228 e. The van der Waals surface area contributed by atoms with Crippen LogP contribution >= 0.6 is 0 Å². The maximum absolute atomic E-state index is 13.8. The van der Waals surface area contributed by atoms with Crippen LogP contribution in [0.2, 0.25) is 0 Å². The third-order valence-electron chi connectivity index (χ3n) is 3.33. The molecule has 0 aliphatic rings. The summed E-state index contributed by atoms with van der Waals surface area (Å²) < 4.78 is 116. The average Bonchev–Trinajstić information content (AvgIpc) is 2.44. The Balaban J connectivity index is 3.41. The molecular formula is C14H12F9O. The lowest BCUT2D eigenvalue weighted by atomic mass is 9.92. The zero-order valence-corrected chi connectivity index (χ0v) is 12.3. The summed E-state index contributed by atoms with van der Waals surface area (Å²) in [6, 6.07) is 2.19. The molecule has 0 amide bonds. The molecule has 0 bridgehead atoms. The van der Waals surface area contributed by atoms with Gasteiger partial charge in [0.2, 0.25) is 0 Å². The van der Waals surface area contributed by atoms with E-state index in [0.717, 1.165) is 6.07 Å². The highest BCUT2D eigenvalue weighted by Crippen LogP contribution is 2.56. The van der Waals surface area contributed by atoms with Gasteiger partial charge in [-0.15, -0.1) is 0 Å². The van der Waals surface area contributed by atoms with Crippen molar-refractivity contribution in [1.82, 2.24) is 0 Å². The fourth-order valence-corrected chi connectivity index (χ4v) is 1.85. The zero-order chi connectivity index (χ0) is 19.1. The van der Waals surface area contributed by atoms with E-state index in [0.29, 0.717) is 6.07 Å². The molecule has 0 heterocycles. The third kappa shape index (κ3) is 3.20. The Morgan fingerprint density at radius 2 is 1.33 bits per heavy atom. The van der Waals surface area contributed by atoms with Crippen LogP contribution in [-0.2, 0) is 11.0 Å². The normalized spacial score (nSPS) is 15.7. The molecule has 10 heteroatoms. The van der Waals surface area contributed by atoms with E-state index in [-0.39, 0.29) is 12.1 Å². The van der Waals surface area contributed by atoms with Crippen molar-refractivity contribution in [3.05, 3.63) is 35.4 Å². The second-order valence-electron chi connectivity index (χ2n) is 5.51. The highest BCUT2D eigenvalue weighted by atomic mass is 19.4. The first-order valence-corrected chi connectivity index (χ1v) is 6.53. The second-order valence-corrected chi connectivity index (χ2v) is 5.51. The highest BCUT2D eigenvalue weighted by Gasteiger charge is 2.82. The first kappa shape index (κ1) is 20.6. The van der Waals surface area contributed by atoms with E-state index in [2.05, 4.69) is 0 Å².